The highest BCUT2D eigenvalue weighted by Crippen LogP contribution is 2.57. The molecule has 0 aliphatic heterocycles. The molecular formula is C64H46N2. The molecule has 0 unspecified atom stereocenters. The molecule has 10 aromatic carbocycles. The fraction of sp³-hybridized carbons (Fsp3) is 0.0625. The van der Waals surface area contributed by atoms with Gasteiger partial charge in [-0.3, -0.25) is 0 Å². The second-order valence-electron chi connectivity index (χ2n) is 18.5. The normalized spacial score (nSPS) is 13.8. The van der Waals surface area contributed by atoms with Gasteiger partial charge in [-0.25, -0.2) is 0 Å². The first-order valence-corrected chi connectivity index (χ1v) is 23.1. The zero-order valence-corrected chi connectivity index (χ0v) is 37.0. The van der Waals surface area contributed by atoms with E-state index in [0.29, 0.717) is 0 Å². The molecule has 11 aromatic rings. The molecule has 0 bridgehead atoms. The van der Waals surface area contributed by atoms with E-state index in [0.717, 1.165) is 22.7 Å². The van der Waals surface area contributed by atoms with Gasteiger partial charge in [0.25, 0.3) is 0 Å². The summed E-state index contributed by atoms with van der Waals surface area (Å²) in [6.45, 7) is 4.71. The summed E-state index contributed by atoms with van der Waals surface area (Å²) in [7, 11) is 0. The number of hydrogen-bond acceptors (Lipinski definition) is 1. The number of hydrogen-bond donors (Lipinski definition) is 0. The summed E-state index contributed by atoms with van der Waals surface area (Å²) in [6, 6.07) is 89.9. The third-order valence-corrected chi connectivity index (χ3v) is 14.7. The Balaban J connectivity index is 0.952. The van der Waals surface area contributed by atoms with Crippen LogP contribution in [0.15, 0.2) is 243 Å². The molecule has 2 nitrogen and oxygen atoms in total. The number of anilines is 3. The first kappa shape index (κ1) is 38.3. The fourth-order valence-corrected chi connectivity index (χ4v) is 11.7. The molecule has 0 N–H and O–H groups in total. The summed E-state index contributed by atoms with van der Waals surface area (Å²) < 4.78 is 2.38. The molecule has 0 fully saturated rings. The van der Waals surface area contributed by atoms with E-state index in [-0.39, 0.29) is 5.41 Å². The minimum absolute atomic E-state index is 0.0798. The number of aromatic nitrogens is 1. The number of fused-ring (bicyclic) bond motifs is 9. The van der Waals surface area contributed by atoms with E-state index >= 15 is 0 Å². The van der Waals surface area contributed by atoms with Crippen molar-refractivity contribution in [3.63, 3.8) is 0 Å². The van der Waals surface area contributed by atoms with E-state index in [1.54, 1.807) is 0 Å². The molecule has 0 atom stereocenters. The summed E-state index contributed by atoms with van der Waals surface area (Å²) in [5.74, 6) is 0. The van der Waals surface area contributed by atoms with Crippen molar-refractivity contribution in [1.29, 1.82) is 0 Å². The number of benzene rings is 10. The van der Waals surface area contributed by atoms with Crippen molar-refractivity contribution in [2.45, 2.75) is 24.7 Å². The Kier molecular flexibility index (Phi) is 8.51. The van der Waals surface area contributed by atoms with E-state index in [4.69, 9.17) is 0 Å². The Hall–Kier alpha value is -8.20. The maximum Gasteiger partial charge on any atom is 0.0713 e. The average Bonchev–Trinajstić information content (AvgIpc) is 3.96. The van der Waals surface area contributed by atoms with Gasteiger partial charge >= 0.3 is 0 Å². The van der Waals surface area contributed by atoms with Crippen LogP contribution in [0.3, 0.4) is 0 Å². The molecule has 0 spiro atoms. The van der Waals surface area contributed by atoms with Crippen LogP contribution in [0.1, 0.15) is 47.2 Å². The Morgan fingerprint density at radius 2 is 0.742 bits per heavy atom. The lowest BCUT2D eigenvalue weighted by atomic mass is 9.68. The molecule has 1 heterocycles. The summed E-state index contributed by atoms with van der Waals surface area (Å²) in [4.78, 5) is 2.46. The van der Waals surface area contributed by atoms with Crippen molar-refractivity contribution in [1.82, 2.24) is 4.57 Å². The van der Waals surface area contributed by atoms with Crippen LogP contribution in [-0.2, 0) is 10.8 Å². The van der Waals surface area contributed by atoms with Gasteiger partial charge < -0.3 is 9.47 Å². The molecular weight excluding hydrogens is 797 g/mol. The van der Waals surface area contributed by atoms with Crippen molar-refractivity contribution in [3.8, 4) is 39.1 Å². The molecule has 2 heteroatoms. The Labute approximate surface area is 386 Å². The van der Waals surface area contributed by atoms with Crippen LogP contribution in [0.4, 0.5) is 17.1 Å². The third-order valence-electron chi connectivity index (χ3n) is 14.7. The van der Waals surface area contributed by atoms with E-state index in [2.05, 4.69) is 266 Å². The van der Waals surface area contributed by atoms with E-state index in [1.807, 2.05) is 0 Å². The minimum Gasteiger partial charge on any atom is -0.310 e. The summed E-state index contributed by atoms with van der Waals surface area (Å²) in [5.41, 5.74) is 21.8. The topological polar surface area (TPSA) is 8.17 Å². The predicted molar refractivity (Wildman–Crippen MR) is 276 cm³/mol. The molecule has 0 amide bonds. The van der Waals surface area contributed by atoms with Crippen molar-refractivity contribution >= 4 is 38.9 Å². The second kappa shape index (κ2) is 14.7. The second-order valence-corrected chi connectivity index (χ2v) is 18.5. The Morgan fingerprint density at radius 1 is 0.333 bits per heavy atom. The van der Waals surface area contributed by atoms with E-state index < -0.39 is 5.41 Å². The first-order valence-electron chi connectivity index (χ1n) is 23.1. The smallest absolute Gasteiger partial charge is 0.0713 e. The quantitative estimate of drug-likeness (QED) is 0.155. The van der Waals surface area contributed by atoms with Crippen molar-refractivity contribution in [2.75, 3.05) is 4.90 Å². The summed E-state index contributed by atoms with van der Waals surface area (Å²) in [6.07, 6.45) is 0. The van der Waals surface area contributed by atoms with Gasteiger partial charge in [-0.2, -0.15) is 0 Å². The van der Waals surface area contributed by atoms with Crippen molar-refractivity contribution in [2.24, 2.45) is 0 Å². The Morgan fingerprint density at radius 3 is 1.33 bits per heavy atom. The third kappa shape index (κ3) is 5.55. The minimum atomic E-state index is -0.459. The van der Waals surface area contributed by atoms with Crippen LogP contribution < -0.4 is 4.90 Å². The van der Waals surface area contributed by atoms with Gasteiger partial charge in [-0.15, -0.1) is 0 Å². The van der Waals surface area contributed by atoms with Gasteiger partial charge in [0.15, 0.2) is 0 Å². The zero-order valence-electron chi connectivity index (χ0n) is 37.0. The van der Waals surface area contributed by atoms with Crippen molar-refractivity contribution in [3.05, 3.63) is 276 Å². The lowest BCUT2D eigenvalue weighted by Crippen LogP contribution is -2.28. The number of para-hydroxylation sites is 2. The van der Waals surface area contributed by atoms with Gasteiger partial charge in [-0.1, -0.05) is 196 Å². The fourth-order valence-electron chi connectivity index (χ4n) is 11.7. The maximum absolute atomic E-state index is 2.46. The highest BCUT2D eigenvalue weighted by molar-refractivity contribution is 6.09. The molecule has 0 radical (unpaired) electrons. The molecule has 1 aromatic heterocycles. The van der Waals surface area contributed by atoms with Crippen LogP contribution in [0, 0.1) is 0 Å². The van der Waals surface area contributed by atoms with E-state index in [1.165, 1.54) is 88.6 Å². The largest absolute Gasteiger partial charge is 0.310 e. The molecule has 2 aliphatic rings. The van der Waals surface area contributed by atoms with E-state index in [9.17, 15) is 0 Å². The molecule has 0 saturated carbocycles. The van der Waals surface area contributed by atoms with Crippen LogP contribution >= 0.6 is 0 Å². The van der Waals surface area contributed by atoms with Crippen LogP contribution in [0.25, 0.3) is 60.9 Å². The van der Waals surface area contributed by atoms with Crippen LogP contribution in [0.2, 0.25) is 0 Å². The molecule has 2 aliphatic carbocycles. The molecule has 0 saturated heterocycles. The highest BCUT2D eigenvalue weighted by atomic mass is 15.1. The molecule has 312 valence electrons. The van der Waals surface area contributed by atoms with Crippen LogP contribution in [-0.4, -0.2) is 4.57 Å². The lowest BCUT2D eigenvalue weighted by molar-refractivity contribution is 0.660. The predicted octanol–water partition coefficient (Wildman–Crippen LogP) is 16.6. The van der Waals surface area contributed by atoms with Crippen molar-refractivity contribution < 1.29 is 0 Å². The van der Waals surface area contributed by atoms with Gasteiger partial charge in [0, 0.05) is 38.9 Å². The standard InChI is InChI=1S/C64H46N2/c1-63(2)57-25-13-9-21-51(57)55-41-49(37-39-58(55)63)65(47-33-29-43(30-34-47)44-31-35-48(36-32-44)66-61-27-15-11-23-53(61)54-24-12-16-28-62(54)66)50-38-40-60-56(42-50)52-22-10-14-26-59(52)64(60,45-17-5-3-6-18-45)46-19-7-4-8-20-46/h3-42H,1-2H3. The van der Waals surface area contributed by atoms with Crippen LogP contribution in [0.5, 0.6) is 0 Å². The monoisotopic (exact) mass is 842 g/mol. The maximum atomic E-state index is 2.46. The van der Waals surface area contributed by atoms with Gasteiger partial charge in [0.2, 0.25) is 0 Å². The average molecular weight is 843 g/mol. The molecule has 66 heavy (non-hydrogen) atoms. The van der Waals surface area contributed by atoms with Gasteiger partial charge in [0.1, 0.15) is 0 Å². The number of nitrogens with zero attached hydrogens (tertiary/aromatic N) is 2. The molecule has 13 rings (SSSR count). The highest BCUT2D eigenvalue weighted by Gasteiger charge is 2.46. The zero-order chi connectivity index (χ0) is 44.0. The summed E-state index contributed by atoms with van der Waals surface area (Å²) in [5, 5.41) is 2.54. The first-order chi connectivity index (χ1) is 32.5. The SMILES string of the molecule is CC1(C)c2ccccc2-c2cc(N(c3ccc(-c4ccc(-n5c6ccccc6c6ccccc65)cc4)cc3)c3ccc4c(c3)-c3ccccc3C4(c3ccccc3)c3ccccc3)ccc21. The van der Waals surface area contributed by atoms with Gasteiger partial charge in [0.05, 0.1) is 16.4 Å². The summed E-state index contributed by atoms with van der Waals surface area (Å²) >= 11 is 0. The number of rotatable bonds is 7. The lowest BCUT2D eigenvalue weighted by Gasteiger charge is -2.34. The Bertz CT molecular complexity index is 3560. The van der Waals surface area contributed by atoms with Gasteiger partial charge in [-0.05, 0) is 127 Å².